The minimum absolute atomic E-state index is 0. The van der Waals surface area contributed by atoms with E-state index in [2.05, 4.69) is 6.58 Å². The smallest absolute Gasteiger partial charge is 0.273 e. The molecular formula is C10H13ClN2O4. The molecule has 1 aromatic carbocycles. The maximum Gasteiger partial charge on any atom is 0.273 e. The van der Waals surface area contributed by atoms with E-state index in [4.69, 9.17) is 10.5 Å². The van der Waals surface area contributed by atoms with Gasteiger partial charge in [-0.1, -0.05) is 6.08 Å². The van der Waals surface area contributed by atoms with Gasteiger partial charge in [0, 0.05) is 11.6 Å². The lowest BCUT2D eigenvalue weighted by Gasteiger charge is -2.11. The second-order valence-corrected chi connectivity index (χ2v) is 3.10. The van der Waals surface area contributed by atoms with Crippen molar-refractivity contribution in [2.24, 2.45) is 5.73 Å². The fraction of sp³-hybridized carbons (Fsp3) is 0.200. The van der Waals surface area contributed by atoms with Crippen LogP contribution in [0, 0.1) is 10.1 Å². The number of benzene rings is 1. The van der Waals surface area contributed by atoms with Gasteiger partial charge in [0.05, 0.1) is 24.1 Å². The normalized spacial score (nSPS) is 11.2. The lowest BCUT2D eigenvalue weighted by Crippen LogP contribution is -2.08. The molecule has 0 radical (unpaired) electrons. The summed E-state index contributed by atoms with van der Waals surface area (Å²) in [4.78, 5) is 10.1. The third kappa shape index (κ3) is 3.08. The highest BCUT2D eigenvalue weighted by Crippen LogP contribution is 2.37. The largest absolute Gasteiger partial charge is 0.504 e. The number of hydrogen-bond donors (Lipinski definition) is 2. The average Bonchev–Trinajstić information content (AvgIpc) is 2.28. The number of rotatable bonds is 4. The van der Waals surface area contributed by atoms with Crippen molar-refractivity contribution in [2.75, 3.05) is 7.11 Å². The van der Waals surface area contributed by atoms with Crippen LogP contribution in [-0.4, -0.2) is 17.1 Å². The van der Waals surface area contributed by atoms with E-state index in [9.17, 15) is 15.2 Å². The van der Waals surface area contributed by atoms with Crippen LogP contribution in [0.1, 0.15) is 11.6 Å². The number of nitrogens with two attached hydrogens (primary N) is 1. The number of phenols is 1. The van der Waals surface area contributed by atoms with Crippen LogP contribution in [0.3, 0.4) is 0 Å². The van der Waals surface area contributed by atoms with Gasteiger partial charge < -0.3 is 15.6 Å². The summed E-state index contributed by atoms with van der Waals surface area (Å²) in [5.41, 5.74) is 5.65. The number of nitro groups is 1. The highest BCUT2D eigenvalue weighted by Gasteiger charge is 2.19. The van der Waals surface area contributed by atoms with Crippen LogP contribution in [0.15, 0.2) is 24.8 Å². The first-order valence-electron chi connectivity index (χ1n) is 4.44. The van der Waals surface area contributed by atoms with E-state index in [1.165, 1.54) is 19.3 Å². The molecule has 0 aliphatic carbocycles. The van der Waals surface area contributed by atoms with E-state index in [0.29, 0.717) is 0 Å². The Balaban J connectivity index is 0.00000256. The zero-order valence-corrected chi connectivity index (χ0v) is 9.94. The van der Waals surface area contributed by atoms with E-state index in [0.717, 1.165) is 6.07 Å². The number of hydrogen-bond acceptors (Lipinski definition) is 5. The Morgan fingerprint density at radius 1 is 1.65 bits per heavy atom. The summed E-state index contributed by atoms with van der Waals surface area (Å²) < 4.78 is 4.83. The topological polar surface area (TPSA) is 98.6 Å². The van der Waals surface area contributed by atoms with E-state index >= 15 is 0 Å². The van der Waals surface area contributed by atoms with Gasteiger partial charge in [0.2, 0.25) is 0 Å². The monoisotopic (exact) mass is 260 g/mol. The first kappa shape index (κ1) is 15.2. The molecule has 1 rings (SSSR count). The summed E-state index contributed by atoms with van der Waals surface area (Å²) in [6.45, 7) is 3.46. The van der Waals surface area contributed by atoms with Gasteiger partial charge in [0.15, 0.2) is 11.5 Å². The second-order valence-electron chi connectivity index (χ2n) is 3.10. The molecule has 3 N–H and O–H groups in total. The van der Waals surface area contributed by atoms with E-state index < -0.39 is 11.0 Å². The number of phenolic OH excluding ortho intramolecular Hbond substituents is 1. The Labute approximate surface area is 104 Å². The molecule has 0 fully saturated rings. The molecule has 0 bridgehead atoms. The van der Waals surface area contributed by atoms with Crippen molar-refractivity contribution in [1.29, 1.82) is 0 Å². The number of aromatic hydroxyl groups is 1. The predicted octanol–water partition coefficient (Wildman–Crippen LogP) is 1.92. The van der Waals surface area contributed by atoms with Crippen molar-refractivity contribution >= 4 is 18.1 Å². The van der Waals surface area contributed by atoms with Crippen molar-refractivity contribution in [1.82, 2.24) is 0 Å². The van der Waals surface area contributed by atoms with E-state index in [1.807, 2.05) is 0 Å². The van der Waals surface area contributed by atoms with Gasteiger partial charge in [-0.15, -0.1) is 19.0 Å². The maximum atomic E-state index is 10.6. The predicted molar refractivity (Wildman–Crippen MR) is 65.7 cm³/mol. The second kappa shape index (κ2) is 6.07. The molecule has 94 valence electrons. The summed E-state index contributed by atoms with van der Waals surface area (Å²) in [5.74, 6) is -0.193. The molecule has 0 saturated heterocycles. The van der Waals surface area contributed by atoms with E-state index in [1.54, 1.807) is 0 Å². The fourth-order valence-electron chi connectivity index (χ4n) is 1.26. The molecule has 0 saturated carbocycles. The number of nitro benzene ring substituents is 1. The van der Waals surface area contributed by atoms with Crippen LogP contribution in [0.25, 0.3) is 0 Å². The van der Waals surface area contributed by atoms with Crippen molar-refractivity contribution in [3.8, 4) is 11.5 Å². The zero-order chi connectivity index (χ0) is 12.3. The molecule has 1 aromatic rings. The summed E-state index contributed by atoms with van der Waals surface area (Å²) in [7, 11) is 1.31. The number of halogens is 1. The van der Waals surface area contributed by atoms with Crippen molar-refractivity contribution < 1.29 is 14.8 Å². The van der Waals surface area contributed by atoms with Crippen molar-refractivity contribution in [3.05, 3.63) is 40.5 Å². The molecule has 0 aliphatic heterocycles. The molecule has 0 amide bonds. The van der Waals surface area contributed by atoms with Crippen LogP contribution in [-0.2, 0) is 0 Å². The molecule has 0 aliphatic rings. The SMILES string of the molecule is C=C[C@H](N)c1cc([N+](=O)[O-])cc(OC)c1O.Cl. The molecule has 0 aromatic heterocycles. The fourth-order valence-corrected chi connectivity index (χ4v) is 1.26. The Morgan fingerprint density at radius 2 is 2.24 bits per heavy atom. The van der Waals surface area contributed by atoms with Crippen LogP contribution in [0.2, 0.25) is 0 Å². The van der Waals surface area contributed by atoms with E-state index in [-0.39, 0.29) is 35.2 Å². The lowest BCUT2D eigenvalue weighted by atomic mass is 10.1. The Bertz CT molecular complexity index is 437. The molecule has 0 heterocycles. The van der Waals surface area contributed by atoms with Crippen molar-refractivity contribution in [2.45, 2.75) is 6.04 Å². The molecular weight excluding hydrogens is 248 g/mol. The summed E-state index contributed by atoms with van der Waals surface area (Å²) in [6.07, 6.45) is 1.37. The van der Waals surface area contributed by atoms with Gasteiger partial charge in [-0.3, -0.25) is 10.1 Å². The third-order valence-corrected chi connectivity index (χ3v) is 2.13. The summed E-state index contributed by atoms with van der Waals surface area (Å²) in [6, 6.07) is 1.65. The van der Waals surface area contributed by atoms with Gasteiger partial charge in [-0.05, 0) is 0 Å². The number of ether oxygens (including phenoxy) is 1. The van der Waals surface area contributed by atoms with Gasteiger partial charge in [0.25, 0.3) is 5.69 Å². The van der Waals surface area contributed by atoms with Crippen LogP contribution in [0.5, 0.6) is 11.5 Å². The van der Waals surface area contributed by atoms with Gasteiger partial charge in [-0.25, -0.2) is 0 Å². The quantitative estimate of drug-likeness (QED) is 0.489. The minimum Gasteiger partial charge on any atom is -0.504 e. The molecule has 1 atom stereocenters. The lowest BCUT2D eigenvalue weighted by molar-refractivity contribution is -0.385. The van der Waals surface area contributed by atoms with Gasteiger partial charge in [0.1, 0.15) is 0 Å². The van der Waals surface area contributed by atoms with Gasteiger partial charge >= 0.3 is 0 Å². The molecule has 6 nitrogen and oxygen atoms in total. The first-order valence-corrected chi connectivity index (χ1v) is 4.44. The standard InChI is InChI=1S/C10H12N2O4.ClH/c1-3-8(11)7-4-6(12(14)15)5-9(16-2)10(7)13;/h3-5,8,13H,1,11H2,2H3;1H/t8-;/m0./s1. The Morgan fingerprint density at radius 3 is 2.65 bits per heavy atom. The zero-order valence-electron chi connectivity index (χ0n) is 9.12. The van der Waals surface area contributed by atoms with Crippen LogP contribution < -0.4 is 10.5 Å². The minimum atomic E-state index is -0.686. The number of non-ortho nitro benzene ring substituents is 1. The van der Waals surface area contributed by atoms with Crippen molar-refractivity contribution in [3.63, 3.8) is 0 Å². The van der Waals surface area contributed by atoms with Crippen LogP contribution in [0.4, 0.5) is 5.69 Å². The number of methoxy groups -OCH3 is 1. The number of nitrogens with zero attached hydrogens (tertiary/aromatic N) is 1. The molecule has 0 spiro atoms. The Hall–Kier alpha value is -1.79. The Kier molecular flexibility index (Phi) is 5.43. The average molecular weight is 261 g/mol. The highest BCUT2D eigenvalue weighted by molar-refractivity contribution is 5.85. The summed E-state index contributed by atoms with van der Waals surface area (Å²) in [5, 5.41) is 20.4. The van der Waals surface area contributed by atoms with Gasteiger partial charge in [-0.2, -0.15) is 0 Å². The maximum absolute atomic E-state index is 10.6. The van der Waals surface area contributed by atoms with Crippen LogP contribution >= 0.6 is 12.4 Å². The molecule has 0 unspecified atom stereocenters. The summed E-state index contributed by atoms with van der Waals surface area (Å²) >= 11 is 0. The molecule has 7 heteroatoms. The third-order valence-electron chi connectivity index (χ3n) is 2.13. The first-order chi connectivity index (χ1) is 7.51. The highest BCUT2D eigenvalue weighted by atomic mass is 35.5. The molecule has 17 heavy (non-hydrogen) atoms.